The lowest BCUT2D eigenvalue weighted by atomic mass is 9.97. The van der Waals surface area contributed by atoms with E-state index in [-0.39, 0.29) is 0 Å². The van der Waals surface area contributed by atoms with E-state index in [0.29, 0.717) is 12.1 Å². The molecule has 0 spiro atoms. The summed E-state index contributed by atoms with van der Waals surface area (Å²) in [6.07, 6.45) is 2.44. The van der Waals surface area contributed by atoms with Gasteiger partial charge in [0.25, 0.3) is 0 Å². The maximum atomic E-state index is 5.57. The second-order valence-electron chi connectivity index (χ2n) is 5.18. The largest absolute Gasteiger partial charge is 0.378 e. The summed E-state index contributed by atoms with van der Waals surface area (Å²) >= 11 is 0. The SMILES string of the molecule is CCNC(CN1CCOCC1CC)C(C)CC. The highest BCUT2D eigenvalue weighted by molar-refractivity contribution is 4.81. The average Bonchev–Trinajstić information content (AvgIpc) is 2.38. The molecule has 0 aromatic carbocycles. The molecule has 1 heterocycles. The fourth-order valence-electron chi connectivity index (χ4n) is 2.55. The highest BCUT2D eigenvalue weighted by Crippen LogP contribution is 2.15. The predicted octanol–water partition coefficient (Wildman–Crippen LogP) is 2.12. The van der Waals surface area contributed by atoms with Crippen LogP contribution in [0.3, 0.4) is 0 Å². The van der Waals surface area contributed by atoms with Crippen LogP contribution in [0.5, 0.6) is 0 Å². The first-order chi connectivity index (χ1) is 8.22. The van der Waals surface area contributed by atoms with Gasteiger partial charge >= 0.3 is 0 Å². The van der Waals surface area contributed by atoms with Crippen LogP contribution in [0.2, 0.25) is 0 Å². The van der Waals surface area contributed by atoms with Gasteiger partial charge in [-0.25, -0.2) is 0 Å². The summed E-state index contributed by atoms with van der Waals surface area (Å²) in [5.41, 5.74) is 0. The number of likely N-dealkylation sites (N-methyl/N-ethyl adjacent to an activating group) is 1. The van der Waals surface area contributed by atoms with Gasteiger partial charge in [0.2, 0.25) is 0 Å². The number of hydrogen-bond donors (Lipinski definition) is 1. The zero-order valence-corrected chi connectivity index (χ0v) is 12.0. The number of morpholine rings is 1. The van der Waals surface area contributed by atoms with Crippen LogP contribution in [0.4, 0.5) is 0 Å². The quantitative estimate of drug-likeness (QED) is 0.740. The minimum absolute atomic E-state index is 0.619. The van der Waals surface area contributed by atoms with Crippen molar-refractivity contribution in [1.29, 1.82) is 0 Å². The third-order valence-corrected chi connectivity index (χ3v) is 4.05. The zero-order valence-electron chi connectivity index (χ0n) is 12.0. The zero-order chi connectivity index (χ0) is 12.7. The number of nitrogens with one attached hydrogen (secondary N) is 1. The van der Waals surface area contributed by atoms with Gasteiger partial charge in [0, 0.05) is 25.2 Å². The topological polar surface area (TPSA) is 24.5 Å². The van der Waals surface area contributed by atoms with Crippen molar-refractivity contribution in [1.82, 2.24) is 10.2 Å². The standard InChI is InChI=1S/C14H30N2O/c1-5-12(4)14(15-7-3)10-16-8-9-17-11-13(16)6-2/h12-15H,5-11H2,1-4H3. The molecule has 1 saturated heterocycles. The van der Waals surface area contributed by atoms with Crippen LogP contribution in [-0.2, 0) is 4.74 Å². The highest BCUT2D eigenvalue weighted by Gasteiger charge is 2.25. The Hall–Kier alpha value is -0.120. The Balaban J connectivity index is 2.51. The van der Waals surface area contributed by atoms with E-state index in [1.165, 1.54) is 19.4 Å². The molecule has 1 aliphatic heterocycles. The first-order valence-electron chi connectivity index (χ1n) is 7.28. The van der Waals surface area contributed by atoms with E-state index in [4.69, 9.17) is 4.74 Å². The molecule has 0 saturated carbocycles. The summed E-state index contributed by atoms with van der Waals surface area (Å²) in [6, 6.07) is 1.24. The highest BCUT2D eigenvalue weighted by atomic mass is 16.5. The summed E-state index contributed by atoms with van der Waals surface area (Å²) in [4.78, 5) is 2.61. The number of ether oxygens (including phenoxy) is 1. The van der Waals surface area contributed by atoms with Gasteiger partial charge in [-0.1, -0.05) is 34.1 Å². The first-order valence-corrected chi connectivity index (χ1v) is 7.28. The predicted molar refractivity (Wildman–Crippen MR) is 73.4 cm³/mol. The maximum Gasteiger partial charge on any atom is 0.0622 e. The van der Waals surface area contributed by atoms with Crippen LogP contribution in [0.15, 0.2) is 0 Å². The molecule has 1 fully saturated rings. The van der Waals surface area contributed by atoms with E-state index in [0.717, 1.165) is 32.2 Å². The second kappa shape index (κ2) is 8.06. The lowest BCUT2D eigenvalue weighted by Gasteiger charge is -2.38. The van der Waals surface area contributed by atoms with Gasteiger partial charge in [0.15, 0.2) is 0 Å². The van der Waals surface area contributed by atoms with Crippen LogP contribution in [0.1, 0.15) is 40.5 Å². The summed E-state index contributed by atoms with van der Waals surface area (Å²) in [6.45, 7) is 14.2. The summed E-state index contributed by atoms with van der Waals surface area (Å²) in [5.74, 6) is 0.746. The third kappa shape index (κ3) is 4.57. The lowest BCUT2D eigenvalue weighted by molar-refractivity contribution is -0.0151. The van der Waals surface area contributed by atoms with Crippen molar-refractivity contribution in [3.8, 4) is 0 Å². The van der Waals surface area contributed by atoms with Gasteiger partial charge in [0.05, 0.1) is 13.2 Å². The molecule has 0 radical (unpaired) electrons. The van der Waals surface area contributed by atoms with Crippen LogP contribution in [-0.4, -0.2) is 49.8 Å². The Morgan fingerprint density at radius 3 is 2.71 bits per heavy atom. The van der Waals surface area contributed by atoms with Crippen LogP contribution in [0.25, 0.3) is 0 Å². The summed E-state index contributed by atoms with van der Waals surface area (Å²) in [5, 5.41) is 3.64. The molecule has 3 atom stereocenters. The van der Waals surface area contributed by atoms with Crippen molar-refractivity contribution >= 4 is 0 Å². The Labute approximate surface area is 107 Å². The molecule has 0 aliphatic carbocycles. The minimum Gasteiger partial charge on any atom is -0.378 e. The normalized spacial score (nSPS) is 25.8. The molecule has 3 heteroatoms. The molecular formula is C14H30N2O. The van der Waals surface area contributed by atoms with Gasteiger partial charge in [-0.15, -0.1) is 0 Å². The molecule has 1 aliphatic rings. The van der Waals surface area contributed by atoms with E-state index >= 15 is 0 Å². The molecule has 0 bridgehead atoms. The third-order valence-electron chi connectivity index (χ3n) is 4.05. The van der Waals surface area contributed by atoms with Crippen molar-refractivity contribution < 1.29 is 4.74 Å². The van der Waals surface area contributed by atoms with Crippen molar-refractivity contribution in [2.45, 2.75) is 52.6 Å². The van der Waals surface area contributed by atoms with Gasteiger partial charge in [0.1, 0.15) is 0 Å². The van der Waals surface area contributed by atoms with E-state index in [1.807, 2.05) is 0 Å². The number of nitrogens with zero attached hydrogens (tertiary/aromatic N) is 1. The minimum atomic E-state index is 0.619. The molecule has 3 unspecified atom stereocenters. The van der Waals surface area contributed by atoms with Gasteiger partial charge in [-0.2, -0.15) is 0 Å². The number of hydrogen-bond acceptors (Lipinski definition) is 3. The van der Waals surface area contributed by atoms with E-state index < -0.39 is 0 Å². The monoisotopic (exact) mass is 242 g/mol. The fourth-order valence-corrected chi connectivity index (χ4v) is 2.55. The lowest BCUT2D eigenvalue weighted by Crippen LogP contribution is -2.52. The van der Waals surface area contributed by atoms with Gasteiger partial charge < -0.3 is 10.1 Å². The van der Waals surface area contributed by atoms with Gasteiger partial charge in [-0.05, 0) is 18.9 Å². The van der Waals surface area contributed by atoms with Crippen LogP contribution >= 0.6 is 0 Å². The molecule has 102 valence electrons. The number of rotatable bonds is 7. The van der Waals surface area contributed by atoms with Gasteiger partial charge in [-0.3, -0.25) is 4.90 Å². The Morgan fingerprint density at radius 2 is 2.12 bits per heavy atom. The smallest absolute Gasteiger partial charge is 0.0622 e. The summed E-state index contributed by atoms with van der Waals surface area (Å²) < 4.78 is 5.57. The van der Waals surface area contributed by atoms with Crippen molar-refractivity contribution in [2.24, 2.45) is 5.92 Å². The average molecular weight is 242 g/mol. The Bertz CT molecular complexity index is 197. The van der Waals surface area contributed by atoms with E-state index in [2.05, 4.69) is 37.9 Å². The molecule has 17 heavy (non-hydrogen) atoms. The first kappa shape index (κ1) is 14.9. The van der Waals surface area contributed by atoms with Crippen molar-refractivity contribution in [3.05, 3.63) is 0 Å². The molecule has 0 aromatic heterocycles. The van der Waals surface area contributed by atoms with E-state index in [9.17, 15) is 0 Å². The Kier molecular flexibility index (Phi) is 7.09. The van der Waals surface area contributed by atoms with Crippen molar-refractivity contribution in [3.63, 3.8) is 0 Å². The second-order valence-corrected chi connectivity index (χ2v) is 5.18. The van der Waals surface area contributed by atoms with Crippen molar-refractivity contribution in [2.75, 3.05) is 32.8 Å². The molecular weight excluding hydrogens is 212 g/mol. The molecule has 1 N–H and O–H groups in total. The fraction of sp³-hybridized carbons (Fsp3) is 1.00. The van der Waals surface area contributed by atoms with Crippen LogP contribution < -0.4 is 5.32 Å². The molecule has 0 amide bonds. The van der Waals surface area contributed by atoms with Crippen LogP contribution in [0, 0.1) is 5.92 Å². The maximum absolute atomic E-state index is 5.57. The van der Waals surface area contributed by atoms with E-state index in [1.54, 1.807) is 0 Å². The molecule has 1 rings (SSSR count). The summed E-state index contributed by atoms with van der Waals surface area (Å²) in [7, 11) is 0. The Morgan fingerprint density at radius 1 is 1.35 bits per heavy atom. The molecule has 3 nitrogen and oxygen atoms in total. The molecule has 0 aromatic rings.